The van der Waals surface area contributed by atoms with Crippen molar-refractivity contribution in [2.24, 2.45) is 22.7 Å². The van der Waals surface area contributed by atoms with Crippen LogP contribution >= 0.6 is 11.6 Å². The smallest absolute Gasteiger partial charge is 0.331 e. The number of halogens is 1. The molecule has 1 saturated carbocycles. The van der Waals surface area contributed by atoms with Crippen LogP contribution in [-0.4, -0.2) is 64.5 Å². The summed E-state index contributed by atoms with van der Waals surface area (Å²) in [5, 5.41) is 4.80. The molecular formula is C36H39ClN6O6. The van der Waals surface area contributed by atoms with Gasteiger partial charge < -0.3 is 19.2 Å². The van der Waals surface area contributed by atoms with Crippen LogP contribution in [-0.2, 0) is 28.7 Å². The van der Waals surface area contributed by atoms with Crippen molar-refractivity contribution in [1.82, 2.24) is 14.8 Å². The molecule has 5 rings (SSSR count). The number of esters is 2. The van der Waals surface area contributed by atoms with Crippen molar-refractivity contribution < 1.29 is 28.7 Å². The van der Waals surface area contributed by atoms with Crippen molar-refractivity contribution in [3.05, 3.63) is 76.5 Å². The minimum atomic E-state index is -0.651. The zero-order valence-electron chi connectivity index (χ0n) is 28.2. The lowest BCUT2D eigenvalue weighted by Gasteiger charge is -2.37. The van der Waals surface area contributed by atoms with Crippen LogP contribution < -0.4 is 4.90 Å². The lowest BCUT2D eigenvalue weighted by Crippen LogP contribution is -2.37. The van der Waals surface area contributed by atoms with Crippen LogP contribution in [0.25, 0.3) is 21.8 Å². The van der Waals surface area contributed by atoms with Crippen molar-refractivity contribution >= 4 is 59.0 Å². The van der Waals surface area contributed by atoms with E-state index in [9.17, 15) is 14.4 Å². The molecular weight excluding hydrogens is 648 g/mol. The molecule has 2 unspecified atom stereocenters. The molecule has 0 N–H and O–H groups in total. The fourth-order valence-corrected chi connectivity index (χ4v) is 6.59. The number of ether oxygens (including phenoxy) is 2. The summed E-state index contributed by atoms with van der Waals surface area (Å²) in [6.45, 7) is 19.7. The number of carbonyl (C=O) groups is 4. The van der Waals surface area contributed by atoms with Crippen LogP contribution in [0.3, 0.4) is 0 Å². The van der Waals surface area contributed by atoms with Gasteiger partial charge in [0.2, 0.25) is 11.6 Å². The standard InChI is InChI=1S/C35H37ClN6O5.CH2O/c1-7-27(43)41(19-28(44)46-8-2)24-14-15-26(25(36)18-24)38-34-30(37-6)29(35(45)47-31-21(4)16-20(3)17-22(31)5)33-39-32(40-42(33)34)23-12-10-9-11-13-23;1-2/h9-15,18,20-22,31H,7-8,16-17,19H2,1-5H3;1H2. The van der Waals surface area contributed by atoms with E-state index in [1.165, 1.54) is 15.6 Å². The summed E-state index contributed by atoms with van der Waals surface area (Å²) in [4.78, 5) is 61.2. The highest BCUT2D eigenvalue weighted by atomic mass is 35.5. The minimum Gasteiger partial charge on any atom is -0.465 e. The van der Waals surface area contributed by atoms with Gasteiger partial charge in [0.15, 0.2) is 17.5 Å². The largest absolute Gasteiger partial charge is 0.465 e. The Morgan fingerprint density at radius 3 is 2.35 bits per heavy atom. The Balaban J connectivity index is 0.00000265. The van der Waals surface area contributed by atoms with Crippen molar-refractivity contribution in [3.8, 4) is 11.4 Å². The summed E-state index contributed by atoms with van der Waals surface area (Å²) >= 11 is 6.70. The Kier molecular flexibility index (Phi) is 12.2. The molecule has 2 atom stereocenters. The van der Waals surface area contributed by atoms with Gasteiger partial charge in [-0.25, -0.2) is 24.3 Å². The second-order valence-corrected chi connectivity index (χ2v) is 12.4. The molecule has 256 valence electrons. The molecule has 12 nitrogen and oxygen atoms in total. The van der Waals surface area contributed by atoms with E-state index < -0.39 is 11.9 Å². The third-order valence-corrected chi connectivity index (χ3v) is 8.71. The first-order valence-electron chi connectivity index (χ1n) is 16.1. The van der Waals surface area contributed by atoms with Gasteiger partial charge in [-0.2, -0.15) is 0 Å². The molecule has 2 heterocycles. The van der Waals surface area contributed by atoms with E-state index in [4.69, 9.17) is 37.4 Å². The number of anilines is 1. The number of carbonyl (C=O) groups excluding carboxylic acids is 4. The third kappa shape index (κ3) is 7.95. The minimum absolute atomic E-state index is 0.00616. The van der Waals surface area contributed by atoms with E-state index in [0.717, 1.165) is 18.4 Å². The fraction of sp³-hybridized carbons (Fsp3) is 0.389. The summed E-state index contributed by atoms with van der Waals surface area (Å²) in [6, 6.07) is 14.0. The molecule has 0 saturated heterocycles. The fourth-order valence-electron chi connectivity index (χ4n) is 6.37. The van der Waals surface area contributed by atoms with E-state index in [-0.39, 0.29) is 77.1 Å². The summed E-state index contributed by atoms with van der Waals surface area (Å²) < 4.78 is 12.5. The number of hydrogen-bond acceptors (Lipinski definition) is 9. The molecule has 1 fully saturated rings. The summed E-state index contributed by atoms with van der Waals surface area (Å²) in [7, 11) is 0. The molecule has 0 bridgehead atoms. The van der Waals surface area contributed by atoms with E-state index >= 15 is 0 Å². The van der Waals surface area contributed by atoms with E-state index in [1.807, 2.05) is 37.1 Å². The van der Waals surface area contributed by atoms with Crippen LogP contribution in [0.4, 0.5) is 11.4 Å². The lowest BCUT2D eigenvalue weighted by atomic mass is 9.75. The molecule has 13 heteroatoms. The first-order chi connectivity index (χ1) is 23.6. The molecule has 49 heavy (non-hydrogen) atoms. The Morgan fingerprint density at radius 2 is 1.76 bits per heavy atom. The maximum Gasteiger partial charge on any atom is 0.331 e. The van der Waals surface area contributed by atoms with Crippen molar-refractivity contribution in [2.75, 3.05) is 18.1 Å². The highest BCUT2D eigenvalue weighted by Gasteiger charge is 2.41. The van der Waals surface area contributed by atoms with Crippen LogP contribution in [0.1, 0.15) is 59.7 Å². The predicted octanol–water partition coefficient (Wildman–Crippen LogP) is 6.56. The molecule has 3 aromatic rings. The van der Waals surface area contributed by atoms with E-state index in [0.29, 0.717) is 17.4 Å². The third-order valence-electron chi connectivity index (χ3n) is 8.41. The van der Waals surface area contributed by atoms with Crippen LogP contribution in [0.15, 0.2) is 59.2 Å². The number of nitrogens with zero attached hydrogens (tertiary/aromatic N) is 6. The number of hydrogen-bond donors (Lipinski definition) is 0. The molecule has 1 amide bonds. The van der Waals surface area contributed by atoms with Crippen LogP contribution in [0.5, 0.6) is 0 Å². The second-order valence-electron chi connectivity index (χ2n) is 12.0. The first-order valence-corrected chi connectivity index (χ1v) is 16.4. The SMILES string of the molecule is C=O.[C-]#[N+]C1=C(C(=O)OC2C(C)CC(C)CC2C)c2nc(-c3ccccc3)nn2C1=Nc1ccc(N(CC(=O)OCC)C(=O)CC)cc1Cl. The molecule has 0 radical (unpaired) electrons. The van der Waals surface area contributed by atoms with Gasteiger partial charge in [0, 0.05) is 17.7 Å². The Bertz CT molecular complexity index is 1800. The van der Waals surface area contributed by atoms with Crippen LogP contribution in [0.2, 0.25) is 5.02 Å². The van der Waals surface area contributed by atoms with Crippen LogP contribution in [0, 0.1) is 24.3 Å². The average Bonchev–Trinajstić information content (AvgIpc) is 3.64. The van der Waals surface area contributed by atoms with Gasteiger partial charge >= 0.3 is 11.9 Å². The summed E-state index contributed by atoms with van der Waals surface area (Å²) in [5.74, 6) is -0.0734. The lowest BCUT2D eigenvalue weighted by molar-refractivity contribution is -0.150. The maximum absolute atomic E-state index is 13.9. The van der Waals surface area contributed by atoms with Gasteiger partial charge in [-0.3, -0.25) is 9.59 Å². The molecule has 1 aliphatic carbocycles. The monoisotopic (exact) mass is 686 g/mol. The Labute approximate surface area is 290 Å². The average molecular weight is 687 g/mol. The van der Waals surface area contributed by atoms with Crippen molar-refractivity contribution in [1.29, 1.82) is 0 Å². The summed E-state index contributed by atoms with van der Waals surface area (Å²) in [6.07, 6.45) is 1.73. The summed E-state index contributed by atoms with van der Waals surface area (Å²) in [5.41, 5.74) is 1.30. The molecule has 2 aliphatic rings. The van der Waals surface area contributed by atoms with Gasteiger partial charge in [0.05, 0.1) is 23.9 Å². The first kappa shape index (κ1) is 36.7. The number of aromatic nitrogens is 3. The van der Waals surface area contributed by atoms with E-state index in [1.54, 1.807) is 26.0 Å². The van der Waals surface area contributed by atoms with Gasteiger partial charge in [-0.1, -0.05) is 69.6 Å². The van der Waals surface area contributed by atoms with Gasteiger partial charge in [-0.05, 0) is 55.7 Å². The second kappa shape index (κ2) is 16.3. The van der Waals surface area contributed by atoms with Gasteiger partial charge in [-0.15, -0.1) is 5.10 Å². The Hall–Kier alpha value is -5.15. The van der Waals surface area contributed by atoms with Gasteiger partial charge in [0.1, 0.15) is 25.0 Å². The number of rotatable bonds is 9. The Morgan fingerprint density at radius 1 is 1.08 bits per heavy atom. The quantitative estimate of drug-likeness (QED) is 0.182. The maximum atomic E-state index is 13.9. The van der Waals surface area contributed by atoms with Crippen molar-refractivity contribution in [3.63, 3.8) is 0 Å². The number of aliphatic imine (C=N–C) groups is 1. The zero-order chi connectivity index (χ0) is 35.8. The molecule has 1 aromatic heterocycles. The van der Waals surface area contributed by atoms with E-state index in [2.05, 4.69) is 35.7 Å². The molecule has 0 spiro atoms. The number of allylic oxidation sites excluding steroid dienone is 1. The number of benzene rings is 2. The highest BCUT2D eigenvalue weighted by molar-refractivity contribution is 6.34. The zero-order valence-corrected chi connectivity index (χ0v) is 28.9. The normalized spacial score (nSPS) is 20.5. The molecule has 1 aliphatic heterocycles. The predicted molar refractivity (Wildman–Crippen MR) is 186 cm³/mol. The highest BCUT2D eigenvalue weighted by Crippen LogP contribution is 2.39. The topological polar surface area (TPSA) is 137 Å². The van der Waals surface area contributed by atoms with Gasteiger partial charge in [0.25, 0.3) is 0 Å². The number of amides is 1. The molecule has 2 aromatic carbocycles. The number of fused-ring (bicyclic) bond motifs is 1. The van der Waals surface area contributed by atoms with Crippen molar-refractivity contribution in [2.45, 2.75) is 60.0 Å².